The quantitative estimate of drug-likeness (QED) is 0.594. The molecule has 0 unspecified atom stereocenters. The maximum Gasteiger partial charge on any atom is 0.271 e. The highest BCUT2D eigenvalue weighted by molar-refractivity contribution is 5.95. The maximum atomic E-state index is 11.5. The van der Waals surface area contributed by atoms with Crippen LogP contribution < -0.4 is 5.43 Å². The van der Waals surface area contributed by atoms with Crippen LogP contribution in [0.3, 0.4) is 0 Å². The zero-order valence-electron chi connectivity index (χ0n) is 9.16. The second-order valence-corrected chi connectivity index (χ2v) is 3.40. The lowest BCUT2D eigenvalue weighted by Crippen LogP contribution is -2.18. The number of rotatable bonds is 4. The normalized spacial score (nSPS) is 11.2. The van der Waals surface area contributed by atoms with Gasteiger partial charge in [-0.2, -0.15) is 5.10 Å². The number of nitrogens with zero attached hydrogens (tertiary/aromatic N) is 1. The summed E-state index contributed by atoms with van der Waals surface area (Å²) in [5, 5.41) is 4.01. The van der Waals surface area contributed by atoms with Crippen LogP contribution in [0.15, 0.2) is 35.4 Å². The predicted octanol–water partition coefficient (Wildman–Crippen LogP) is 2.59. The van der Waals surface area contributed by atoms with Crippen molar-refractivity contribution in [1.29, 1.82) is 0 Å². The van der Waals surface area contributed by atoms with Crippen molar-refractivity contribution < 1.29 is 4.79 Å². The first kappa shape index (κ1) is 11.4. The maximum absolute atomic E-state index is 11.5. The molecule has 0 spiro atoms. The summed E-state index contributed by atoms with van der Waals surface area (Å²) in [6.07, 6.45) is 1.95. The molecule has 0 aliphatic carbocycles. The first-order valence-corrected chi connectivity index (χ1v) is 5.12. The average Bonchev–Trinajstić information content (AvgIpc) is 2.27. The SMILES string of the molecule is CCCC(C)=NNC(=O)c1ccccc1. The molecule has 0 atom stereocenters. The fourth-order valence-electron chi connectivity index (χ4n) is 1.22. The van der Waals surface area contributed by atoms with E-state index in [0.29, 0.717) is 5.56 Å². The third-order valence-corrected chi connectivity index (χ3v) is 2.00. The van der Waals surface area contributed by atoms with E-state index < -0.39 is 0 Å². The Kier molecular flexibility index (Phi) is 4.54. The van der Waals surface area contributed by atoms with Gasteiger partial charge in [-0.05, 0) is 25.5 Å². The summed E-state index contributed by atoms with van der Waals surface area (Å²) in [6.45, 7) is 3.99. The Morgan fingerprint density at radius 1 is 1.33 bits per heavy atom. The number of nitrogens with one attached hydrogen (secondary N) is 1. The van der Waals surface area contributed by atoms with Crippen molar-refractivity contribution in [1.82, 2.24) is 5.43 Å². The van der Waals surface area contributed by atoms with Gasteiger partial charge in [0.2, 0.25) is 0 Å². The first-order valence-electron chi connectivity index (χ1n) is 5.12. The summed E-state index contributed by atoms with van der Waals surface area (Å²) < 4.78 is 0. The van der Waals surface area contributed by atoms with Crippen LogP contribution in [0, 0.1) is 0 Å². The minimum absolute atomic E-state index is 0.161. The van der Waals surface area contributed by atoms with Crippen LogP contribution in [0.2, 0.25) is 0 Å². The fourth-order valence-corrected chi connectivity index (χ4v) is 1.22. The van der Waals surface area contributed by atoms with E-state index in [4.69, 9.17) is 0 Å². The van der Waals surface area contributed by atoms with Crippen molar-refractivity contribution in [3.8, 4) is 0 Å². The molecule has 80 valence electrons. The fraction of sp³-hybridized carbons (Fsp3) is 0.333. The third kappa shape index (κ3) is 3.94. The summed E-state index contributed by atoms with van der Waals surface area (Å²) in [4.78, 5) is 11.5. The van der Waals surface area contributed by atoms with Crippen LogP contribution in [-0.2, 0) is 0 Å². The molecule has 0 heterocycles. The van der Waals surface area contributed by atoms with E-state index in [-0.39, 0.29) is 5.91 Å². The molecular formula is C12H16N2O. The van der Waals surface area contributed by atoms with Gasteiger partial charge in [0.15, 0.2) is 0 Å². The number of hydrazone groups is 1. The van der Waals surface area contributed by atoms with E-state index in [9.17, 15) is 4.79 Å². The number of amides is 1. The molecule has 0 aliphatic rings. The van der Waals surface area contributed by atoms with Crippen molar-refractivity contribution >= 4 is 11.6 Å². The van der Waals surface area contributed by atoms with Crippen molar-refractivity contribution in [3.63, 3.8) is 0 Å². The van der Waals surface area contributed by atoms with Crippen LogP contribution in [-0.4, -0.2) is 11.6 Å². The van der Waals surface area contributed by atoms with Gasteiger partial charge in [-0.1, -0.05) is 31.5 Å². The van der Waals surface area contributed by atoms with Gasteiger partial charge < -0.3 is 0 Å². The topological polar surface area (TPSA) is 41.5 Å². The van der Waals surface area contributed by atoms with Crippen molar-refractivity contribution in [3.05, 3.63) is 35.9 Å². The van der Waals surface area contributed by atoms with Crippen LogP contribution >= 0.6 is 0 Å². The van der Waals surface area contributed by atoms with Crippen molar-refractivity contribution in [2.45, 2.75) is 26.7 Å². The standard InChI is InChI=1S/C12H16N2O/c1-3-7-10(2)13-14-12(15)11-8-5-4-6-9-11/h4-6,8-9H,3,7H2,1-2H3,(H,14,15). The lowest BCUT2D eigenvalue weighted by Gasteiger charge is -2.01. The lowest BCUT2D eigenvalue weighted by molar-refractivity contribution is 0.0954. The molecular weight excluding hydrogens is 188 g/mol. The van der Waals surface area contributed by atoms with Crippen LogP contribution in [0.25, 0.3) is 0 Å². The van der Waals surface area contributed by atoms with Gasteiger partial charge in [0.1, 0.15) is 0 Å². The molecule has 3 heteroatoms. The molecule has 0 radical (unpaired) electrons. The number of benzene rings is 1. The van der Waals surface area contributed by atoms with Gasteiger partial charge >= 0.3 is 0 Å². The summed E-state index contributed by atoms with van der Waals surface area (Å²) >= 11 is 0. The van der Waals surface area contributed by atoms with Gasteiger partial charge in [-0.25, -0.2) is 5.43 Å². The Labute approximate surface area is 90.2 Å². The smallest absolute Gasteiger partial charge is 0.267 e. The summed E-state index contributed by atoms with van der Waals surface area (Å²) in [5.74, 6) is -0.161. The second kappa shape index (κ2) is 5.96. The number of hydrogen-bond acceptors (Lipinski definition) is 2. The molecule has 0 saturated heterocycles. The van der Waals surface area contributed by atoms with Gasteiger partial charge in [0.05, 0.1) is 0 Å². The molecule has 0 aliphatic heterocycles. The number of hydrogen-bond donors (Lipinski definition) is 1. The van der Waals surface area contributed by atoms with Gasteiger partial charge in [-0.3, -0.25) is 4.79 Å². The van der Waals surface area contributed by atoms with Gasteiger partial charge in [0, 0.05) is 11.3 Å². The molecule has 1 rings (SSSR count). The summed E-state index contributed by atoms with van der Waals surface area (Å²) in [5.41, 5.74) is 4.11. The number of carbonyl (C=O) groups is 1. The van der Waals surface area contributed by atoms with E-state index >= 15 is 0 Å². The van der Waals surface area contributed by atoms with E-state index in [0.717, 1.165) is 18.6 Å². The molecule has 0 bridgehead atoms. The lowest BCUT2D eigenvalue weighted by atomic mass is 10.2. The highest BCUT2D eigenvalue weighted by atomic mass is 16.2. The summed E-state index contributed by atoms with van der Waals surface area (Å²) in [6, 6.07) is 9.07. The molecule has 1 N–H and O–H groups in total. The van der Waals surface area contributed by atoms with E-state index in [1.807, 2.05) is 25.1 Å². The Balaban J connectivity index is 2.54. The Morgan fingerprint density at radius 3 is 2.60 bits per heavy atom. The van der Waals surface area contributed by atoms with Crippen LogP contribution in [0.4, 0.5) is 0 Å². The highest BCUT2D eigenvalue weighted by Crippen LogP contribution is 1.98. The minimum Gasteiger partial charge on any atom is -0.267 e. The minimum atomic E-state index is -0.161. The highest BCUT2D eigenvalue weighted by Gasteiger charge is 2.01. The van der Waals surface area contributed by atoms with E-state index in [1.165, 1.54) is 0 Å². The second-order valence-electron chi connectivity index (χ2n) is 3.40. The molecule has 1 amide bonds. The molecule has 15 heavy (non-hydrogen) atoms. The average molecular weight is 204 g/mol. The Bertz CT molecular complexity index is 344. The van der Waals surface area contributed by atoms with Crippen molar-refractivity contribution in [2.24, 2.45) is 5.10 Å². The van der Waals surface area contributed by atoms with Gasteiger partial charge in [0.25, 0.3) is 5.91 Å². The third-order valence-electron chi connectivity index (χ3n) is 2.00. The zero-order valence-corrected chi connectivity index (χ0v) is 9.16. The van der Waals surface area contributed by atoms with Crippen LogP contribution in [0.5, 0.6) is 0 Å². The molecule has 0 saturated carbocycles. The van der Waals surface area contributed by atoms with Crippen LogP contribution in [0.1, 0.15) is 37.0 Å². The number of carbonyl (C=O) groups excluding carboxylic acids is 1. The monoisotopic (exact) mass is 204 g/mol. The van der Waals surface area contributed by atoms with Gasteiger partial charge in [-0.15, -0.1) is 0 Å². The Hall–Kier alpha value is -1.64. The molecule has 0 fully saturated rings. The van der Waals surface area contributed by atoms with Crippen molar-refractivity contribution in [2.75, 3.05) is 0 Å². The van der Waals surface area contributed by atoms with E-state index in [1.54, 1.807) is 12.1 Å². The van der Waals surface area contributed by atoms with E-state index in [2.05, 4.69) is 17.5 Å². The largest absolute Gasteiger partial charge is 0.271 e. The predicted molar refractivity (Wildman–Crippen MR) is 61.9 cm³/mol. The summed E-state index contributed by atoms with van der Waals surface area (Å²) in [7, 11) is 0. The molecule has 1 aromatic carbocycles. The zero-order chi connectivity index (χ0) is 11.1. The molecule has 1 aromatic rings. The Morgan fingerprint density at radius 2 is 2.00 bits per heavy atom. The molecule has 0 aromatic heterocycles. The molecule has 3 nitrogen and oxygen atoms in total. The first-order chi connectivity index (χ1) is 7.24.